The van der Waals surface area contributed by atoms with Gasteiger partial charge in [0.2, 0.25) is 11.9 Å². The number of hydrogen-bond acceptors (Lipinski definition) is 6. The number of aromatic nitrogens is 2. The third-order valence-corrected chi connectivity index (χ3v) is 5.66. The van der Waals surface area contributed by atoms with Crippen molar-refractivity contribution in [1.29, 1.82) is 0 Å². The normalized spacial score (nSPS) is 16.2. The smallest absolute Gasteiger partial charge is 0.246 e. The largest absolute Gasteiger partial charge is 0.489 e. The number of likely N-dealkylation sites (N-methyl/N-ethyl adjacent to an activating group) is 1. The lowest BCUT2D eigenvalue weighted by molar-refractivity contribution is -0.117. The topological polar surface area (TPSA) is 79.4 Å². The Kier molecular flexibility index (Phi) is 5.94. The molecule has 166 valence electrons. The lowest BCUT2D eigenvalue weighted by Gasteiger charge is -2.32. The summed E-state index contributed by atoms with van der Waals surface area (Å²) in [6, 6.07) is 13.7. The summed E-state index contributed by atoms with van der Waals surface area (Å²) in [7, 11) is 1.85. The zero-order chi connectivity index (χ0) is 22.8. The molecule has 0 saturated heterocycles. The first kappa shape index (κ1) is 21.5. The van der Waals surface area contributed by atoms with Crippen molar-refractivity contribution in [3.63, 3.8) is 0 Å². The highest BCUT2D eigenvalue weighted by Gasteiger charge is 2.30. The molecule has 1 amide bonds. The number of ether oxygens (including phenoxy) is 1. The Morgan fingerprint density at radius 3 is 2.53 bits per heavy atom. The van der Waals surface area contributed by atoms with Crippen LogP contribution in [0.15, 0.2) is 48.5 Å². The van der Waals surface area contributed by atoms with Gasteiger partial charge in [0.05, 0.1) is 11.7 Å². The van der Waals surface area contributed by atoms with Crippen LogP contribution in [-0.2, 0) is 11.4 Å². The van der Waals surface area contributed by atoms with E-state index in [1.807, 2.05) is 57.0 Å². The van der Waals surface area contributed by atoms with E-state index in [0.717, 1.165) is 16.9 Å². The minimum Gasteiger partial charge on any atom is -0.489 e. The van der Waals surface area contributed by atoms with Gasteiger partial charge < -0.3 is 20.3 Å². The molecule has 0 radical (unpaired) electrons. The van der Waals surface area contributed by atoms with E-state index in [1.54, 1.807) is 12.1 Å². The standard InChI is InChI=1S/C24H26FN5O2/c1-14(18-7-11-20(12-8-18)32-13-17-5-9-19(25)10-6-17)26-24-27-15(2)21-22(29-24)30(4)16(3)23(31)28-21/h5-12,14,16H,13H2,1-4H3,(H,28,31)(H,26,27,29)/t14?,16-/m0/s1. The van der Waals surface area contributed by atoms with Crippen LogP contribution in [0.25, 0.3) is 0 Å². The van der Waals surface area contributed by atoms with Gasteiger partial charge in [-0.05, 0) is 56.2 Å². The highest BCUT2D eigenvalue weighted by molar-refractivity contribution is 6.03. The van der Waals surface area contributed by atoms with Gasteiger partial charge in [-0.3, -0.25) is 4.79 Å². The van der Waals surface area contributed by atoms with Gasteiger partial charge in [0.1, 0.15) is 29.9 Å². The number of aryl methyl sites for hydroxylation is 1. The van der Waals surface area contributed by atoms with E-state index < -0.39 is 0 Å². The van der Waals surface area contributed by atoms with Crippen molar-refractivity contribution in [2.45, 2.75) is 39.5 Å². The molecular formula is C24H26FN5O2. The lowest BCUT2D eigenvalue weighted by Crippen LogP contribution is -2.44. The average Bonchev–Trinajstić information content (AvgIpc) is 2.78. The molecule has 1 aliphatic rings. The molecule has 7 nitrogen and oxygen atoms in total. The summed E-state index contributed by atoms with van der Waals surface area (Å²) in [4.78, 5) is 23.1. The van der Waals surface area contributed by atoms with Crippen LogP contribution in [-0.4, -0.2) is 29.0 Å². The van der Waals surface area contributed by atoms with Gasteiger partial charge in [-0.15, -0.1) is 0 Å². The summed E-state index contributed by atoms with van der Waals surface area (Å²) >= 11 is 0. The van der Waals surface area contributed by atoms with Crippen LogP contribution >= 0.6 is 0 Å². The van der Waals surface area contributed by atoms with Gasteiger partial charge in [-0.1, -0.05) is 24.3 Å². The molecule has 2 N–H and O–H groups in total. The van der Waals surface area contributed by atoms with Crippen molar-refractivity contribution in [2.24, 2.45) is 0 Å². The summed E-state index contributed by atoms with van der Waals surface area (Å²) in [5, 5.41) is 6.23. The number of nitrogens with one attached hydrogen (secondary N) is 2. The number of carbonyl (C=O) groups is 1. The highest BCUT2D eigenvalue weighted by atomic mass is 19.1. The van der Waals surface area contributed by atoms with E-state index in [1.165, 1.54) is 12.1 Å². The molecule has 4 rings (SSSR count). The molecule has 3 aromatic rings. The summed E-state index contributed by atoms with van der Waals surface area (Å²) in [5.74, 6) is 1.60. The predicted molar refractivity (Wildman–Crippen MR) is 122 cm³/mol. The van der Waals surface area contributed by atoms with Gasteiger partial charge in [0.15, 0.2) is 5.82 Å². The second-order valence-electron chi connectivity index (χ2n) is 7.96. The molecule has 0 bridgehead atoms. The summed E-state index contributed by atoms with van der Waals surface area (Å²) in [6.45, 7) is 6.09. The van der Waals surface area contributed by atoms with Crippen molar-refractivity contribution in [1.82, 2.24) is 9.97 Å². The Labute approximate surface area is 186 Å². The Hall–Kier alpha value is -3.68. The lowest BCUT2D eigenvalue weighted by atomic mass is 10.1. The molecule has 0 aliphatic carbocycles. The average molecular weight is 436 g/mol. The minimum atomic E-state index is -0.301. The zero-order valence-corrected chi connectivity index (χ0v) is 18.5. The van der Waals surface area contributed by atoms with Crippen LogP contribution in [0.3, 0.4) is 0 Å². The summed E-state index contributed by atoms with van der Waals surface area (Å²) < 4.78 is 18.8. The van der Waals surface area contributed by atoms with Gasteiger partial charge in [0, 0.05) is 7.05 Å². The van der Waals surface area contributed by atoms with Crippen LogP contribution in [0.2, 0.25) is 0 Å². The molecule has 8 heteroatoms. The Morgan fingerprint density at radius 2 is 1.84 bits per heavy atom. The van der Waals surface area contributed by atoms with Gasteiger partial charge in [0.25, 0.3) is 0 Å². The SMILES string of the molecule is Cc1nc(NC(C)c2ccc(OCc3ccc(F)cc3)cc2)nc2c1NC(=O)[C@H](C)N2C. The fourth-order valence-corrected chi connectivity index (χ4v) is 3.49. The number of hydrogen-bond donors (Lipinski definition) is 2. The zero-order valence-electron chi connectivity index (χ0n) is 18.5. The Morgan fingerprint density at radius 1 is 1.16 bits per heavy atom. The van der Waals surface area contributed by atoms with E-state index in [4.69, 9.17) is 4.74 Å². The van der Waals surface area contributed by atoms with Crippen LogP contribution in [0.1, 0.15) is 36.7 Å². The molecule has 0 saturated carbocycles. The van der Waals surface area contributed by atoms with E-state index in [9.17, 15) is 9.18 Å². The second kappa shape index (κ2) is 8.82. The molecule has 0 spiro atoms. The highest BCUT2D eigenvalue weighted by Crippen LogP contribution is 2.32. The van der Waals surface area contributed by atoms with Gasteiger partial charge >= 0.3 is 0 Å². The molecule has 2 atom stereocenters. The van der Waals surface area contributed by atoms with Gasteiger partial charge in [-0.2, -0.15) is 4.98 Å². The summed E-state index contributed by atoms with van der Waals surface area (Å²) in [5.41, 5.74) is 3.31. The van der Waals surface area contributed by atoms with Crippen molar-refractivity contribution < 1.29 is 13.9 Å². The maximum Gasteiger partial charge on any atom is 0.246 e. The number of benzene rings is 2. The van der Waals surface area contributed by atoms with Crippen molar-refractivity contribution in [2.75, 3.05) is 22.6 Å². The molecule has 1 aromatic heterocycles. The van der Waals surface area contributed by atoms with Crippen molar-refractivity contribution in [3.8, 4) is 5.75 Å². The maximum absolute atomic E-state index is 13.0. The minimum absolute atomic E-state index is 0.0421. The summed E-state index contributed by atoms with van der Waals surface area (Å²) in [6.07, 6.45) is 0. The molecule has 2 heterocycles. The van der Waals surface area contributed by atoms with Crippen molar-refractivity contribution in [3.05, 3.63) is 71.2 Å². The fraction of sp³-hybridized carbons (Fsp3) is 0.292. The first-order chi connectivity index (χ1) is 15.3. The first-order valence-electron chi connectivity index (χ1n) is 10.5. The van der Waals surface area contributed by atoms with Crippen LogP contribution in [0.4, 0.5) is 21.8 Å². The number of carbonyl (C=O) groups excluding carboxylic acids is 1. The van der Waals surface area contributed by atoms with Crippen LogP contribution in [0.5, 0.6) is 5.75 Å². The Bertz CT molecular complexity index is 1120. The van der Waals surface area contributed by atoms with Crippen LogP contribution < -0.4 is 20.3 Å². The van der Waals surface area contributed by atoms with Gasteiger partial charge in [-0.25, -0.2) is 9.37 Å². The third-order valence-electron chi connectivity index (χ3n) is 5.66. The first-order valence-corrected chi connectivity index (χ1v) is 10.5. The number of fused-ring (bicyclic) bond motifs is 1. The van der Waals surface area contributed by atoms with E-state index >= 15 is 0 Å². The third kappa shape index (κ3) is 4.49. The number of rotatable bonds is 6. The van der Waals surface area contributed by atoms with Crippen molar-refractivity contribution >= 4 is 23.4 Å². The monoisotopic (exact) mass is 435 g/mol. The number of amides is 1. The van der Waals surface area contributed by atoms with E-state index in [-0.39, 0.29) is 23.8 Å². The maximum atomic E-state index is 13.0. The second-order valence-corrected chi connectivity index (χ2v) is 7.96. The molecular weight excluding hydrogens is 409 g/mol. The van der Waals surface area contributed by atoms with Crippen LogP contribution in [0, 0.1) is 12.7 Å². The Balaban J connectivity index is 1.43. The van der Waals surface area contributed by atoms with E-state index in [2.05, 4.69) is 20.6 Å². The fourth-order valence-electron chi connectivity index (χ4n) is 3.49. The molecule has 1 aliphatic heterocycles. The molecule has 32 heavy (non-hydrogen) atoms. The number of anilines is 3. The molecule has 0 fully saturated rings. The predicted octanol–water partition coefficient (Wildman–Crippen LogP) is 4.45. The quantitative estimate of drug-likeness (QED) is 0.595. The molecule has 2 aromatic carbocycles. The number of nitrogens with zero attached hydrogens (tertiary/aromatic N) is 3. The van der Waals surface area contributed by atoms with E-state index in [0.29, 0.717) is 29.8 Å². The molecule has 1 unspecified atom stereocenters. The number of halogens is 1.